The van der Waals surface area contributed by atoms with Crippen LogP contribution in [-0.2, 0) is 0 Å². The lowest BCUT2D eigenvalue weighted by molar-refractivity contribution is 0.0938. The second-order valence-electron chi connectivity index (χ2n) is 7.48. The highest BCUT2D eigenvalue weighted by Gasteiger charge is 2.16. The summed E-state index contributed by atoms with van der Waals surface area (Å²) >= 11 is 3.42. The SMILES string of the molecule is CCCCOc1ccc(Br)cc1C(=O)Nc1cccc(C(=O)NC(C)c2ccccc2)c1. The standard InChI is InChI=1S/C26H27BrN2O3/c1-3-4-15-32-24-14-13-21(27)17-23(24)26(31)29-22-12-8-11-20(16-22)25(30)28-18(2)19-9-6-5-7-10-19/h5-14,16-18H,3-4,15H2,1-2H3,(H,28,30)(H,29,31). The van der Waals surface area contributed by atoms with E-state index < -0.39 is 0 Å². The molecule has 0 aromatic heterocycles. The summed E-state index contributed by atoms with van der Waals surface area (Å²) in [5, 5.41) is 5.87. The minimum absolute atomic E-state index is 0.133. The lowest BCUT2D eigenvalue weighted by atomic mass is 10.1. The Morgan fingerprint density at radius 3 is 2.50 bits per heavy atom. The van der Waals surface area contributed by atoms with Crippen LogP contribution in [0.2, 0.25) is 0 Å². The molecule has 3 aromatic rings. The molecule has 0 saturated carbocycles. The Morgan fingerprint density at radius 1 is 0.969 bits per heavy atom. The molecule has 3 rings (SSSR count). The Bertz CT molecular complexity index is 1070. The summed E-state index contributed by atoms with van der Waals surface area (Å²) in [6.45, 7) is 4.57. The third-order valence-corrected chi connectivity index (χ3v) is 5.46. The van der Waals surface area contributed by atoms with Gasteiger partial charge in [-0.3, -0.25) is 9.59 Å². The van der Waals surface area contributed by atoms with Crippen molar-refractivity contribution in [3.63, 3.8) is 0 Å². The number of anilines is 1. The zero-order chi connectivity index (χ0) is 22.9. The molecule has 3 aromatic carbocycles. The largest absolute Gasteiger partial charge is 0.493 e. The molecule has 0 fully saturated rings. The predicted octanol–water partition coefficient (Wildman–Crippen LogP) is 6.37. The van der Waals surface area contributed by atoms with Gasteiger partial charge in [0.2, 0.25) is 0 Å². The molecule has 0 radical (unpaired) electrons. The number of hydrogen-bond donors (Lipinski definition) is 2. The van der Waals surface area contributed by atoms with Crippen LogP contribution < -0.4 is 15.4 Å². The quantitative estimate of drug-likeness (QED) is 0.339. The summed E-state index contributed by atoms with van der Waals surface area (Å²) in [5.41, 5.74) is 2.47. The van der Waals surface area contributed by atoms with Crippen molar-refractivity contribution in [2.75, 3.05) is 11.9 Å². The average molecular weight is 495 g/mol. The number of nitrogens with one attached hydrogen (secondary N) is 2. The van der Waals surface area contributed by atoms with E-state index in [2.05, 4.69) is 33.5 Å². The van der Waals surface area contributed by atoms with E-state index in [4.69, 9.17) is 4.74 Å². The molecular formula is C26H27BrN2O3. The summed E-state index contributed by atoms with van der Waals surface area (Å²) < 4.78 is 6.58. The molecule has 166 valence electrons. The zero-order valence-electron chi connectivity index (χ0n) is 18.2. The van der Waals surface area contributed by atoms with Gasteiger partial charge in [-0.05, 0) is 55.3 Å². The summed E-state index contributed by atoms with van der Waals surface area (Å²) in [5.74, 6) is 0.0289. The highest BCUT2D eigenvalue weighted by atomic mass is 79.9. The van der Waals surface area contributed by atoms with Gasteiger partial charge in [-0.2, -0.15) is 0 Å². The molecule has 2 N–H and O–H groups in total. The summed E-state index contributed by atoms with van der Waals surface area (Å²) in [6.07, 6.45) is 1.92. The van der Waals surface area contributed by atoms with E-state index in [0.717, 1.165) is 22.9 Å². The fourth-order valence-electron chi connectivity index (χ4n) is 3.17. The number of benzene rings is 3. The topological polar surface area (TPSA) is 67.4 Å². The van der Waals surface area contributed by atoms with Gasteiger partial charge in [0.05, 0.1) is 18.2 Å². The maximum absolute atomic E-state index is 13.0. The molecule has 0 aliphatic carbocycles. The zero-order valence-corrected chi connectivity index (χ0v) is 19.8. The van der Waals surface area contributed by atoms with Crippen LogP contribution in [0.5, 0.6) is 5.75 Å². The van der Waals surface area contributed by atoms with Crippen molar-refractivity contribution in [1.29, 1.82) is 0 Å². The number of rotatable bonds is 9. The minimum atomic E-state index is -0.298. The predicted molar refractivity (Wildman–Crippen MR) is 131 cm³/mol. The second-order valence-corrected chi connectivity index (χ2v) is 8.40. The number of halogens is 1. The van der Waals surface area contributed by atoms with Gasteiger partial charge in [0, 0.05) is 15.7 Å². The third-order valence-electron chi connectivity index (χ3n) is 4.97. The first-order valence-electron chi connectivity index (χ1n) is 10.7. The molecule has 1 atom stereocenters. The molecule has 2 amide bonds. The van der Waals surface area contributed by atoms with Crippen LogP contribution in [0.15, 0.2) is 77.3 Å². The van der Waals surface area contributed by atoms with Crippen LogP contribution in [-0.4, -0.2) is 18.4 Å². The number of amides is 2. The van der Waals surface area contributed by atoms with Gasteiger partial charge in [0.1, 0.15) is 5.75 Å². The fourth-order valence-corrected chi connectivity index (χ4v) is 3.53. The average Bonchev–Trinajstić information content (AvgIpc) is 2.80. The number of ether oxygens (including phenoxy) is 1. The van der Waals surface area contributed by atoms with Crippen molar-refractivity contribution >= 4 is 33.4 Å². The Balaban J connectivity index is 1.71. The molecule has 0 aliphatic heterocycles. The number of carbonyl (C=O) groups excluding carboxylic acids is 2. The van der Waals surface area contributed by atoms with Gasteiger partial charge in [0.15, 0.2) is 0 Å². The minimum Gasteiger partial charge on any atom is -0.493 e. The summed E-state index contributed by atoms with van der Waals surface area (Å²) in [7, 11) is 0. The summed E-state index contributed by atoms with van der Waals surface area (Å²) in [4.78, 5) is 25.7. The van der Waals surface area contributed by atoms with Gasteiger partial charge in [-0.1, -0.05) is 65.7 Å². The van der Waals surface area contributed by atoms with E-state index in [1.54, 1.807) is 36.4 Å². The molecule has 0 bridgehead atoms. The number of hydrogen-bond acceptors (Lipinski definition) is 3. The van der Waals surface area contributed by atoms with Crippen molar-refractivity contribution in [1.82, 2.24) is 5.32 Å². The lowest BCUT2D eigenvalue weighted by Gasteiger charge is -2.15. The molecule has 1 unspecified atom stereocenters. The van der Waals surface area contributed by atoms with Crippen LogP contribution in [0.25, 0.3) is 0 Å². The maximum atomic E-state index is 13.0. The molecular weight excluding hydrogens is 468 g/mol. The fraction of sp³-hybridized carbons (Fsp3) is 0.231. The van der Waals surface area contributed by atoms with E-state index in [-0.39, 0.29) is 17.9 Å². The second kappa shape index (κ2) is 11.5. The monoisotopic (exact) mass is 494 g/mol. The first kappa shape index (κ1) is 23.5. The van der Waals surface area contributed by atoms with Crippen molar-refractivity contribution in [2.45, 2.75) is 32.7 Å². The number of carbonyl (C=O) groups is 2. The molecule has 32 heavy (non-hydrogen) atoms. The van der Waals surface area contributed by atoms with Gasteiger partial charge in [-0.25, -0.2) is 0 Å². The Labute approximate surface area is 197 Å². The molecule has 5 nitrogen and oxygen atoms in total. The lowest BCUT2D eigenvalue weighted by Crippen LogP contribution is -2.26. The normalized spacial score (nSPS) is 11.5. The van der Waals surface area contributed by atoms with Gasteiger partial charge in [-0.15, -0.1) is 0 Å². The van der Waals surface area contributed by atoms with Gasteiger partial charge < -0.3 is 15.4 Å². The van der Waals surface area contributed by atoms with E-state index in [9.17, 15) is 9.59 Å². The van der Waals surface area contributed by atoms with Gasteiger partial charge in [0.25, 0.3) is 11.8 Å². The van der Waals surface area contributed by atoms with E-state index in [1.165, 1.54) is 0 Å². The maximum Gasteiger partial charge on any atom is 0.259 e. The molecule has 0 saturated heterocycles. The molecule has 0 heterocycles. The molecule has 0 aliphatic rings. The Morgan fingerprint density at radius 2 is 1.75 bits per heavy atom. The first-order chi connectivity index (χ1) is 15.5. The highest BCUT2D eigenvalue weighted by Crippen LogP contribution is 2.25. The van der Waals surface area contributed by atoms with E-state index >= 15 is 0 Å². The Kier molecular flexibility index (Phi) is 8.45. The smallest absolute Gasteiger partial charge is 0.259 e. The van der Waals surface area contributed by atoms with Crippen molar-refractivity contribution in [3.05, 3.63) is 94.0 Å². The van der Waals surface area contributed by atoms with Crippen LogP contribution in [0, 0.1) is 0 Å². The first-order valence-corrected chi connectivity index (χ1v) is 11.5. The van der Waals surface area contributed by atoms with Crippen LogP contribution in [0.4, 0.5) is 5.69 Å². The third kappa shape index (κ3) is 6.44. The Hall–Kier alpha value is -3.12. The van der Waals surface area contributed by atoms with Crippen molar-refractivity contribution < 1.29 is 14.3 Å². The van der Waals surface area contributed by atoms with Crippen molar-refractivity contribution in [2.24, 2.45) is 0 Å². The van der Waals surface area contributed by atoms with E-state index in [0.29, 0.717) is 29.2 Å². The van der Waals surface area contributed by atoms with Crippen molar-refractivity contribution in [3.8, 4) is 5.75 Å². The summed E-state index contributed by atoms with van der Waals surface area (Å²) in [6, 6.07) is 21.9. The molecule has 0 spiro atoms. The number of unbranched alkanes of at least 4 members (excludes halogenated alkanes) is 1. The van der Waals surface area contributed by atoms with Crippen LogP contribution in [0.1, 0.15) is 59.0 Å². The molecule has 6 heteroatoms. The highest BCUT2D eigenvalue weighted by molar-refractivity contribution is 9.10. The van der Waals surface area contributed by atoms with E-state index in [1.807, 2.05) is 43.3 Å². The van der Waals surface area contributed by atoms with Gasteiger partial charge >= 0.3 is 0 Å². The van der Waals surface area contributed by atoms with Crippen LogP contribution >= 0.6 is 15.9 Å². The van der Waals surface area contributed by atoms with Crippen LogP contribution in [0.3, 0.4) is 0 Å².